The molecule has 2 aliphatic rings. The Morgan fingerprint density at radius 3 is 2.72 bits per heavy atom. The Balaban J connectivity index is 1.71. The molecular formula is C25H36N6O4S. The van der Waals surface area contributed by atoms with Crippen LogP contribution in [-0.4, -0.2) is 61.4 Å². The van der Waals surface area contributed by atoms with Crippen molar-refractivity contribution >= 4 is 39.1 Å². The zero-order valence-corrected chi connectivity index (χ0v) is 21.8. The minimum absolute atomic E-state index is 0.321. The molecule has 4 N–H and O–H groups in total. The molecule has 1 aromatic carbocycles. The van der Waals surface area contributed by atoms with Gasteiger partial charge in [-0.25, -0.2) is 13.4 Å². The number of aryl methyl sites for hydroxylation is 1. The molecule has 1 aliphatic heterocycles. The zero-order chi connectivity index (χ0) is 25.8. The maximum atomic E-state index is 13.5. The largest absolute Gasteiger partial charge is 0.395 e. The van der Waals surface area contributed by atoms with Crippen molar-refractivity contribution in [1.29, 1.82) is 0 Å². The molecule has 1 aromatic heterocycles. The van der Waals surface area contributed by atoms with Gasteiger partial charge < -0.3 is 20.6 Å². The fraction of sp³-hybridized carbons (Fsp3) is 0.560. The summed E-state index contributed by atoms with van der Waals surface area (Å²) in [5.41, 5.74) is 2.57. The molecule has 10 nitrogen and oxygen atoms in total. The van der Waals surface area contributed by atoms with Crippen molar-refractivity contribution in [1.82, 2.24) is 9.97 Å². The quantitative estimate of drug-likeness (QED) is 0.440. The summed E-state index contributed by atoms with van der Waals surface area (Å²) in [6, 6.07) is 6.67. The summed E-state index contributed by atoms with van der Waals surface area (Å²) < 4.78 is 27.1. The number of aromatic nitrogens is 2. The van der Waals surface area contributed by atoms with Crippen LogP contribution in [0.2, 0.25) is 0 Å². The van der Waals surface area contributed by atoms with E-state index in [1.54, 1.807) is 24.3 Å². The first-order valence-electron chi connectivity index (χ1n) is 12.6. The summed E-state index contributed by atoms with van der Waals surface area (Å²) in [6.45, 7) is 5.93. The molecule has 1 amide bonds. The van der Waals surface area contributed by atoms with Gasteiger partial charge in [0.25, 0.3) is 5.91 Å². The number of nitrogens with zero attached hydrogens (tertiary/aromatic N) is 3. The number of amides is 1. The Hall–Kier alpha value is -2.92. The van der Waals surface area contributed by atoms with Gasteiger partial charge in [-0.3, -0.25) is 9.52 Å². The van der Waals surface area contributed by atoms with Crippen molar-refractivity contribution in [2.75, 3.05) is 52.2 Å². The van der Waals surface area contributed by atoms with E-state index >= 15 is 0 Å². The van der Waals surface area contributed by atoms with Gasteiger partial charge in [0.1, 0.15) is 5.82 Å². The van der Waals surface area contributed by atoms with E-state index in [0.717, 1.165) is 51.0 Å². The van der Waals surface area contributed by atoms with Gasteiger partial charge in [-0.2, -0.15) is 4.98 Å². The minimum atomic E-state index is -3.70. The third-order valence-electron chi connectivity index (χ3n) is 6.79. The summed E-state index contributed by atoms with van der Waals surface area (Å²) in [7, 11) is -3.70. The average molecular weight is 517 g/mol. The van der Waals surface area contributed by atoms with Crippen LogP contribution in [0, 0.1) is 12.3 Å². The van der Waals surface area contributed by atoms with Gasteiger partial charge in [0, 0.05) is 31.4 Å². The molecule has 4 rings (SSSR count). The highest BCUT2D eigenvalue weighted by Crippen LogP contribution is 2.48. The van der Waals surface area contributed by atoms with Crippen molar-refractivity contribution in [3.63, 3.8) is 0 Å². The van der Waals surface area contributed by atoms with Crippen molar-refractivity contribution in [3.8, 4) is 0 Å². The van der Waals surface area contributed by atoms with E-state index in [9.17, 15) is 13.2 Å². The fourth-order valence-corrected chi connectivity index (χ4v) is 5.15. The van der Waals surface area contributed by atoms with Crippen molar-refractivity contribution < 1.29 is 18.3 Å². The lowest BCUT2D eigenvalue weighted by atomic mass is 10.0. The Kier molecular flexibility index (Phi) is 7.99. The maximum Gasteiger partial charge on any atom is 0.258 e. The van der Waals surface area contributed by atoms with Crippen LogP contribution in [0.15, 0.2) is 24.3 Å². The van der Waals surface area contributed by atoms with E-state index in [0.29, 0.717) is 34.1 Å². The predicted molar refractivity (Wildman–Crippen MR) is 142 cm³/mol. The van der Waals surface area contributed by atoms with Crippen LogP contribution >= 0.6 is 0 Å². The Bertz CT molecular complexity index is 1200. The van der Waals surface area contributed by atoms with Gasteiger partial charge >= 0.3 is 0 Å². The van der Waals surface area contributed by atoms with Crippen molar-refractivity contribution in [3.05, 3.63) is 35.5 Å². The summed E-state index contributed by atoms with van der Waals surface area (Å²) in [5.74, 6) is 0.174. The second-order valence-corrected chi connectivity index (χ2v) is 11.9. The van der Waals surface area contributed by atoms with E-state index in [-0.39, 0.29) is 5.91 Å². The summed E-state index contributed by atoms with van der Waals surface area (Å²) in [5, 5.41) is 15.2. The van der Waals surface area contributed by atoms with Crippen molar-refractivity contribution in [2.24, 2.45) is 5.41 Å². The molecule has 2 heterocycles. The lowest BCUT2D eigenvalue weighted by Crippen LogP contribution is -2.30. The highest BCUT2D eigenvalue weighted by atomic mass is 32.2. The van der Waals surface area contributed by atoms with Crippen LogP contribution < -0.4 is 20.3 Å². The predicted octanol–water partition coefficient (Wildman–Crippen LogP) is 3.36. The fourth-order valence-electron chi connectivity index (χ4n) is 4.32. The van der Waals surface area contributed by atoms with E-state index in [1.165, 1.54) is 12.8 Å². The lowest BCUT2D eigenvalue weighted by molar-refractivity contribution is 0.102. The van der Waals surface area contributed by atoms with Crippen LogP contribution in [-0.2, 0) is 10.0 Å². The topological polar surface area (TPSA) is 137 Å². The summed E-state index contributed by atoms with van der Waals surface area (Å²) in [6.07, 6.45) is 6.29. The van der Waals surface area contributed by atoms with Crippen LogP contribution in [0.5, 0.6) is 0 Å². The third-order valence-corrected chi connectivity index (χ3v) is 8.06. The Labute approximate surface area is 213 Å². The molecule has 0 spiro atoms. The van der Waals surface area contributed by atoms with Crippen LogP contribution in [0.3, 0.4) is 0 Å². The molecule has 1 fully saturated rings. The Morgan fingerprint density at radius 2 is 1.97 bits per heavy atom. The monoisotopic (exact) mass is 516 g/mol. The van der Waals surface area contributed by atoms with E-state index < -0.39 is 22.4 Å². The first-order chi connectivity index (χ1) is 17.2. The number of anilines is 4. The molecule has 1 saturated carbocycles. The molecule has 0 atom stereocenters. The molecule has 0 radical (unpaired) electrons. The molecule has 2 bridgehead atoms. The van der Waals surface area contributed by atoms with Gasteiger partial charge in [-0.15, -0.1) is 0 Å². The number of benzene rings is 1. The first-order valence-corrected chi connectivity index (χ1v) is 14.2. The van der Waals surface area contributed by atoms with Gasteiger partial charge in [0.05, 0.1) is 29.3 Å². The normalized spacial score (nSPS) is 17.9. The molecule has 11 heteroatoms. The highest BCUT2D eigenvalue weighted by Gasteiger charge is 2.37. The van der Waals surface area contributed by atoms with Crippen LogP contribution in [0.4, 0.5) is 23.1 Å². The second-order valence-electron chi connectivity index (χ2n) is 10.1. The number of sulfonamides is 1. The molecule has 1 aliphatic carbocycles. The third kappa shape index (κ3) is 7.07. The first kappa shape index (κ1) is 26.2. The molecule has 0 saturated heterocycles. The number of carbonyl (C=O) groups is 1. The number of fused-ring (bicyclic) bond motifs is 3. The Morgan fingerprint density at radius 1 is 1.17 bits per heavy atom. The molecule has 0 unspecified atom stereocenters. The van der Waals surface area contributed by atoms with Gasteiger partial charge in [0.15, 0.2) is 0 Å². The maximum absolute atomic E-state index is 13.5. The molecule has 196 valence electrons. The highest BCUT2D eigenvalue weighted by molar-refractivity contribution is 7.92. The number of nitrogens with one attached hydrogen (secondary N) is 3. The summed E-state index contributed by atoms with van der Waals surface area (Å²) >= 11 is 0. The SMILES string of the molecule is Cc1cc2nc(n1)NCCCCCN(CCC1(C)CC1)c1cc(NS(=O)(=O)CCO)ccc1C(=O)N2. The molecule has 2 aromatic rings. The number of rotatable bonds is 7. The second kappa shape index (κ2) is 11.0. The van der Waals surface area contributed by atoms with Crippen LogP contribution in [0.1, 0.15) is 61.5 Å². The number of carbonyl (C=O) groups excluding carboxylic acids is 1. The number of aliphatic hydroxyl groups excluding tert-OH is 1. The van der Waals surface area contributed by atoms with Crippen LogP contribution in [0.25, 0.3) is 0 Å². The average Bonchev–Trinajstić information content (AvgIpc) is 3.54. The van der Waals surface area contributed by atoms with Gasteiger partial charge in [-0.05, 0) is 69.1 Å². The molecular weight excluding hydrogens is 480 g/mol. The van der Waals surface area contributed by atoms with Gasteiger partial charge in [0.2, 0.25) is 16.0 Å². The number of hydrogen-bond acceptors (Lipinski definition) is 8. The standard InChI is InChI=1S/C25H36N6O4S/c1-18-16-22-28-23(33)20-7-6-19(30-36(34,35)15-14-32)17-21(20)31(13-10-25(2)8-9-25)12-5-3-4-11-26-24(27-18)29-22/h6-7,16-17,30,32H,3-5,8-15H2,1-2H3,(H2,26,27,28,29,33). The van der Waals surface area contributed by atoms with Gasteiger partial charge in [-0.1, -0.05) is 6.92 Å². The van der Waals surface area contributed by atoms with E-state index in [4.69, 9.17) is 5.11 Å². The summed E-state index contributed by atoms with van der Waals surface area (Å²) in [4.78, 5) is 24.5. The lowest BCUT2D eigenvalue weighted by Gasteiger charge is -2.29. The smallest absolute Gasteiger partial charge is 0.258 e. The number of hydrogen-bond donors (Lipinski definition) is 4. The zero-order valence-electron chi connectivity index (χ0n) is 21.0. The number of aliphatic hydroxyl groups is 1. The van der Waals surface area contributed by atoms with Crippen molar-refractivity contribution in [2.45, 2.75) is 52.4 Å². The van der Waals surface area contributed by atoms with E-state index in [1.807, 2.05) is 6.92 Å². The minimum Gasteiger partial charge on any atom is -0.395 e. The van der Waals surface area contributed by atoms with E-state index in [2.05, 4.69) is 37.1 Å². The molecule has 36 heavy (non-hydrogen) atoms.